The predicted octanol–water partition coefficient (Wildman–Crippen LogP) is 2.98. The van der Waals surface area contributed by atoms with E-state index < -0.39 is 5.97 Å². The van der Waals surface area contributed by atoms with E-state index in [1.165, 1.54) is 20.3 Å². The van der Waals surface area contributed by atoms with Crippen molar-refractivity contribution < 1.29 is 24.1 Å². The van der Waals surface area contributed by atoms with E-state index in [9.17, 15) is 9.90 Å². The van der Waals surface area contributed by atoms with Crippen LogP contribution in [0.25, 0.3) is 0 Å². The average molecular weight is 288 g/mol. The Morgan fingerprint density at radius 3 is 2.38 bits per heavy atom. The van der Waals surface area contributed by atoms with Gasteiger partial charge in [-0.2, -0.15) is 0 Å². The van der Waals surface area contributed by atoms with E-state index in [2.05, 4.69) is 0 Å². The first-order valence-electron chi connectivity index (χ1n) is 6.31. The summed E-state index contributed by atoms with van der Waals surface area (Å²) < 4.78 is 15.9. The molecular weight excluding hydrogens is 272 g/mol. The topological polar surface area (TPSA) is 65.0 Å². The molecule has 0 amide bonds. The number of rotatable bonds is 6. The van der Waals surface area contributed by atoms with Crippen LogP contribution >= 0.6 is 0 Å². The smallest absolute Gasteiger partial charge is 0.339 e. The number of methoxy groups -OCH3 is 2. The third-order valence-corrected chi connectivity index (χ3v) is 2.94. The minimum atomic E-state index is -1.10. The number of hydrogen-bond donors (Lipinski definition) is 1. The van der Waals surface area contributed by atoms with Crippen LogP contribution in [0.2, 0.25) is 0 Å². The van der Waals surface area contributed by atoms with Gasteiger partial charge in [-0.15, -0.1) is 0 Å². The monoisotopic (exact) mass is 288 g/mol. The van der Waals surface area contributed by atoms with Gasteiger partial charge in [-0.25, -0.2) is 4.79 Å². The lowest BCUT2D eigenvalue weighted by atomic mass is 10.1. The number of carbonyl (C=O) groups is 1. The van der Waals surface area contributed by atoms with Crippen LogP contribution in [0.5, 0.6) is 17.2 Å². The van der Waals surface area contributed by atoms with E-state index in [1.54, 1.807) is 6.07 Å². The Hall–Kier alpha value is -2.69. The van der Waals surface area contributed by atoms with E-state index in [0.29, 0.717) is 11.5 Å². The molecule has 0 radical (unpaired) electrons. The van der Waals surface area contributed by atoms with Crippen LogP contribution in [0, 0.1) is 0 Å². The summed E-state index contributed by atoms with van der Waals surface area (Å²) in [5.41, 5.74) is 0.939. The Kier molecular flexibility index (Phi) is 4.66. The highest BCUT2D eigenvalue weighted by Crippen LogP contribution is 2.36. The van der Waals surface area contributed by atoms with Gasteiger partial charge in [-0.3, -0.25) is 0 Å². The molecule has 2 rings (SSSR count). The fraction of sp³-hybridized carbons (Fsp3) is 0.188. The van der Waals surface area contributed by atoms with Gasteiger partial charge >= 0.3 is 5.97 Å². The molecular formula is C16H16O5. The highest BCUT2D eigenvalue weighted by molar-refractivity contribution is 5.92. The van der Waals surface area contributed by atoms with Gasteiger partial charge in [0.05, 0.1) is 14.2 Å². The van der Waals surface area contributed by atoms with Gasteiger partial charge in [0.2, 0.25) is 0 Å². The maximum Gasteiger partial charge on any atom is 0.339 e. The van der Waals surface area contributed by atoms with Crippen LogP contribution in [-0.4, -0.2) is 25.3 Å². The molecule has 0 saturated heterocycles. The summed E-state index contributed by atoms with van der Waals surface area (Å²) in [6, 6.07) is 12.5. The Balaban J connectivity index is 2.34. The van der Waals surface area contributed by atoms with Crippen molar-refractivity contribution in [3.63, 3.8) is 0 Å². The SMILES string of the molecule is COc1cc(OC)c(OCc2ccccc2)c(C(=O)O)c1. The summed E-state index contributed by atoms with van der Waals surface area (Å²) in [4.78, 5) is 11.4. The van der Waals surface area contributed by atoms with Crippen molar-refractivity contribution in [2.45, 2.75) is 6.61 Å². The molecule has 1 N–H and O–H groups in total. The number of hydrogen-bond acceptors (Lipinski definition) is 4. The minimum absolute atomic E-state index is 0.00197. The van der Waals surface area contributed by atoms with Crippen molar-refractivity contribution in [1.29, 1.82) is 0 Å². The van der Waals surface area contributed by atoms with E-state index in [1.807, 2.05) is 30.3 Å². The summed E-state index contributed by atoms with van der Waals surface area (Å²) in [6.45, 7) is 0.254. The fourth-order valence-corrected chi connectivity index (χ4v) is 1.88. The van der Waals surface area contributed by atoms with Crippen LogP contribution in [-0.2, 0) is 6.61 Å². The van der Waals surface area contributed by atoms with Crippen LogP contribution in [0.15, 0.2) is 42.5 Å². The summed E-state index contributed by atoms with van der Waals surface area (Å²) in [5, 5.41) is 9.31. The third kappa shape index (κ3) is 3.45. The molecule has 0 aliphatic heterocycles. The summed E-state index contributed by atoms with van der Waals surface area (Å²) >= 11 is 0. The highest BCUT2D eigenvalue weighted by Gasteiger charge is 2.19. The zero-order valence-electron chi connectivity index (χ0n) is 11.8. The molecule has 0 fully saturated rings. The van der Waals surface area contributed by atoms with Gasteiger partial charge in [0.15, 0.2) is 11.5 Å². The normalized spacial score (nSPS) is 10.0. The van der Waals surface area contributed by atoms with E-state index >= 15 is 0 Å². The lowest BCUT2D eigenvalue weighted by molar-refractivity contribution is 0.0690. The van der Waals surface area contributed by atoms with Crippen molar-refractivity contribution >= 4 is 5.97 Å². The second-order valence-corrected chi connectivity index (χ2v) is 4.29. The minimum Gasteiger partial charge on any atom is -0.497 e. The van der Waals surface area contributed by atoms with Crippen molar-refractivity contribution in [2.75, 3.05) is 14.2 Å². The second-order valence-electron chi connectivity index (χ2n) is 4.29. The molecule has 0 aromatic heterocycles. The van der Waals surface area contributed by atoms with Crippen molar-refractivity contribution in [1.82, 2.24) is 0 Å². The van der Waals surface area contributed by atoms with Crippen LogP contribution in [0.1, 0.15) is 15.9 Å². The number of carboxylic acid groups (broad SMARTS) is 1. The van der Waals surface area contributed by atoms with Gasteiger partial charge in [0.1, 0.15) is 17.9 Å². The van der Waals surface area contributed by atoms with Crippen LogP contribution < -0.4 is 14.2 Å². The standard InChI is InChI=1S/C16H16O5/c1-19-12-8-13(16(17)18)15(14(9-12)20-2)21-10-11-6-4-3-5-7-11/h3-9H,10H2,1-2H3,(H,17,18). The second kappa shape index (κ2) is 6.65. The average Bonchev–Trinajstić information content (AvgIpc) is 2.52. The van der Waals surface area contributed by atoms with Gasteiger partial charge in [0, 0.05) is 6.07 Å². The fourth-order valence-electron chi connectivity index (χ4n) is 1.88. The van der Waals surface area contributed by atoms with Gasteiger partial charge in [0.25, 0.3) is 0 Å². The number of aromatic carboxylic acids is 1. The molecule has 21 heavy (non-hydrogen) atoms. The Morgan fingerprint density at radius 2 is 1.81 bits per heavy atom. The van der Waals surface area contributed by atoms with Gasteiger partial charge < -0.3 is 19.3 Å². The molecule has 0 saturated carbocycles. The maximum atomic E-state index is 11.4. The molecule has 2 aromatic carbocycles. The largest absolute Gasteiger partial charge is 0.497 e. The molecule has 0 bridgehead atoms. The molecule has 0 heterocycles. The Morgan fingerprint density at radius 1 is 1.10 bits per heavy atom. The summed E-state index contributed by atoms with van der Waals surface area (Å²) in [5.74, 6) is -0.191. The van der Waals surface area contributed by atoms with E-state index in [0.717, 1.165) is 5.56 Å². The van der Waals surface area contributed by atoms with E-state index in [-0.39, 0.29) is 17.9 Å². The summed E-state index contributed by atoms with van der Waals surface area (Å²) in [7, 11) is 2.92. The Bertz CT molecular complexity index is 622. The van der Waals surface area contributed by atoms with Gasteiger partial charge in [-0.05, 0) is 11.6 Å². The first-order chi connectivity index (χ1) is 10.2. The zero-order chi connectivity index (χ0) is 15.2. The molecule has 5 nitrogen and oxygen atoms in total. The number of carboxylic acids is 1. The maximum absolute atomic E-state index is 11.4. The lowest BCUT2D eigenvalue weighted by Gasteiger charge is -2.14. The lowest BCUT2D eigenvalue weighted by Crippen LogP contribution is -2.06. The number of ether oxygens (including phenoxy) is 3. The first-order valence-corrected chi connectivity index (χ1v) is 6.31. The van der Waals surface area contributed by atoms with Crippen LogP contribution in [0.3, 0.4) is 0 Å². The predicted molar refractivity (Wildman–Crippen MR) is 77.3 cm³/mol. The summed E-state index contributed by atoms with van der Waals surface area (Å²) in [6.07, 6.45) is 0. The molecule has 0 spiro atoms. The molecule has 0 aliphatic rings. The van der Waals surface area contributed by atoms with Crippen LogP contribution in [0.4, 0.5) is 0 Å². The molecule has 2 aromatic rings. The molecule has 5 heteroatoms. The molecule has 0 unspecified atom stereocenters. The van der Waals surface area contributed by atoms with Crippen molar-refractivity contribution in [2.24, 2.45) is 0 Å². The molecule has 0 aliphatic carbocycles. The van der Waals surface area contributed by atoms with Crippen molar-refractivity contribution in [3.8, 4) is 17.2 Å². The highest BCUT2D eigenvalue weighted by atomic mass is 16.5. The molecule has 0 atom stereocenters. The molecule has 110 valence electrons. The van der Waals surface area contributed by atoms with E-state index in [4.69, 9.17) is 14.2 Å². The first kappa shape index (κ1) is 14.7. The Labute approximate surface area is 122 Å². The van der Waals surface area contributed by atoms with Crippen molar-refractivity contribution in [3.05, 3.63) is 53.6 Å². The quantitative estimate of drug-likeness (QED) is 0.885. The third-order valence-electron chi connectivity index (χ3n) is 2.94. The van der Waals surface area contributed by atoms with Gasteiger partial charge in [-0.1, -0.05) is 30.3 Å². The zero-order valence-corrected chi connectivity index (χ0v) is 11.8. The number of benzene rings is 2.